The molecule has 0 bridgehead atoms. The number of hydrogen-bond acceptors (Lipinski definition) is 6. The molecule has 0 rings (SSSR count). The van der Waals surface area contributed by atoms with Crippen molar-refractivity contribution in [3.8, 4) is 0 Å². The van der Waals surface area contributed by atoms with E-state index in [1.165, 1.54) is 0 Å². The summed E-state index contributed by atoms with van der Waals surface area (Å²) in [6.45, 7) is 0. The summed E-state index contributed by atoms with van der Waals surface area (Å²) in [6.07, 6.45) is 0. The summed E-state index contributed by atoms with van der Waals surface area (Å²) in [5.41, 5.74) is 0. The maximum absolute atomic E-state index is 9.10. The number of rotatable bonds is 0. The van der Waals surface area contributed by atoms with Gasteiger partial charge in [0.2, 0.25) is 0 Å². The molecule has 0 heterocycles. The molecule has 8 nitrogen and oxygen atoms in total. The molecule has 0 aliphatic rings. The van der Waals surface area contributed by atoms with Crippen molar-refractivity contribution >= 4 is 11.9 Å². The first-order valence-corrected chi connectivity index (χ1v) is 6.56. The summed E-state index contributed by atoms with van der Waals surface area (Å²) >= 11 is -6.17. The molecule has 0 radical (unpaired) electrons. The first-order chi connectivity index (χ1) is 4.64. The Morgan fingerprint density at radius 1 is 0.923 bits per heavy atom. The van der Waals surface area contributed by atoms with Crippen LogP contribution in [0.15, 0.2) is 0 Å². The first-order valence-electron chi connectivity index (χ1n) is 1.77. The third-order valence-corrected chi connectivity index (χ3v) is 0.183. The van der Waals surface area contributed by atoms with E-state index >= 15 is 0 Å². The van der Waals surface area contributed by atoms with E-state index in [9.17, 15) is 0 Å². The van der Waals surface area contributed by atoms with E-state index in [0.29, 0.717) is 0 Å². The number of carbonyl (C=O) groups is 2. The number of hydrogen-bond donors (Lipinski definition) is 2. The van der Waals surface area contributed by atoms with Crippen LogP contribution >= 0.6 is 0 Å². The summed E-state index contributed by atoms with van der Waals surface area (Å²) < 4.78 is 34.6. The molecule has 0 saturated carbocycles. The summed E-state index contributed by atoms with van der Waals surface area (Å²) in [4.78, 5) is 18.2. The molecule has 0 aromatic carbocycles. The van der Waals surface area contributed by atoms with Gasteiger partial charge in [0.05, 0.1) is 0 Å². The van der Waals surface area contributed by atoms with E-state index in [1.807, 2.05) is 0 Å². The Kier molecular flexibility index (Phi) is 20.5. The van der Waals surface area contributed by atoms with Crippen molar-refractivity contribution in [2.45, 2.75) is 0 Å². The second kappa shape index (κ2) is 11.2. The molecular formula is C2H2Na2O8W. The fourth-order valence-electron chi connectivity index (χ4n) is 0. The van der Waals surface area contributed by atoms with Crippen LogP contribution in [0.3, 0.4) is 0 Å². The number of carboxylic acids is 2. The normalized spacial score (nSPS) is 7.85. The van der Waals surface area contributed by atoms with Gasteiger partial charge in [-0.05, 0) is 0 Å². The van der Waals surface area contributed by atoms with Crippen LogP contribution in [0, 0.1) is 0 Å². The molecule has 0 aliphatic heterocycles. The van der Waals surface area contributed by atoms with Crippen LogP contribution < -0.4 is 66.6 Å². The molecule has 11 heteroatoms. The molecule has 0 aromatic heterocycles. The van der Waals surface area contributed by atoms with Gasteiger partial charge in [-0.3, -0.25) is 0 Å². The Balaban J connectivity index is -0.0000000546. The fraction of sp³-hybridized carbons (Fsp3) is 0. The summed E-state index contributed by atoms with van der Waals surface area (Å²) in [5, 5.41) is 14.8. The van der Waals surface area contributed by atoms with Crippen molar-refractivity contribution < 1.29 is 110 Å². The van der Waals surface area contributed by atoms with E-state index in [1.54, 1.807) is 0 Å². The molecule has 0 saturated heterocycles. The van der Waals surface area contributed by atoms with Crippen LogP contribution in [0.4, 0.5) is 0 Å². The van der Waals surface area contributed by atoms with Gasteiger partial charge in [-0.15, -0.1) is 0 Å². The van der Waals surface area contributed by atoms with E-state index in [4.69, 9.17) is 34.1 Å². The summed E-state index contributed by atoms with van der Waals surface area (Å²) in [7, 11) is 0. The Labute approximate surface area is 120 Å². The van der Waals surface area contributed by atoms with E-state index < -0.39 is 28.7 Å². The van der Waals surface area contributed by atoms with Crippen LogP contribution in [0.1, 0.15) is 0 Å². The molecule has 0 amide bonds. The maximum atomic E-state index is 9.10. The van der Waals surface area contributed by atoms with Gasteiger partial charge >= 0.3 is 102 Å². The molecule has 0 unspecified atom stereocenters. The number of aliphatic carboxylic acids is 2. The Hall–Kier alpha value is 1.15. The van der Waals surface area contributed by atoms with Gasteiger partial charge in [-0.1, -0.05) is 0 Å². The van der Waals surface area contributed by atoms with Crippen LogP contribution in [0.5, 0.6) is 0 Å². The molecule has 66 valence electrons. The minimum absolute atomic E-state index is 0. The van der Waals surface area contributed by atoms with Gasteiger partial charge < -0.3 is 10.2 Å². The average Bonchev–Trinajstić information content (AvgIpc) is 1.59. The predicted octanol–water partition coefficient (Wildman–Crippen LogP) is -9.45. The molecule has 2 N–H and O–H groups in total. The van der Waals surface area contributed by atoms with Crippen molar-refractivity contribution in [1.29, 1.82) is 0 Å². The summed E-state index contributed by atoms with van der Waals surface area (Å²) in [5.74, 6) is -3.65. The van der Waals surface area contributed by atoms with Gasteiger partial charge in [-0.25, -0.2) is 9.59 Å². The Morgan fingerprint density at radius 2 is 1.00 bits per heavy atom. The zero-order valence-corrected chi connectivity index (χ0v) is 13.7. The van der Waals surface area contributed by atoms with Gasteiger partial charge in [0.1, 0.15) is 0 Å². The topological polar surface area (TPSA) is 155 Å². The van der Waals surface area contributed by atoms with Crippen molar-refractivity contribution in [3.05, 3.63) is 0 Å². The number of carboxylic acid groups (broad SMARTS) is 2. The predicted molar refractivity (Wildman–Crippen MR) is 16.6 cm³/mol. The van der Waals surface area contributed by atoms with Gasteiger partial charge in [-0.2, -0.15) is 0 Å². The van der Waals surface area contributed by atoms with Crippen LogP contribution in [0.2, 0.25) is 0 Å². The Morgan fingerprint density at radius 3 is 1.00 bits per heavy atom. The fourth-order valence-corrected chi connectivity index (χ4v) is 0. The SMILES string of the molecule is O=C(O)C(=O)O.[Na+].[Na+].[O]=[W](=[O])([O-])[O-]. The van der Waals surface area contributed by atoms with Crippen LogP contribution in [-0.4, -0.2) is 22.2 Å². The summed E-state index contributed by atoms with van der Waals surface area (Å²) in [6, 6.07) is 0. The molecule has 0 aromatic rings. The third-order valence-electron chi connectivity index (χ3n) is 0.183. The standard InChI is InChI=1S/C2H2O4.2Na.4O.W/c3-1(4)2(5)6;;;;;;;/h(H,3,4)(H,5,6);;;;;;;/q;2*+1;;;2*-1;. The quantitative estimate of drug-likeness (QED) is 0.308. The second-order valence-corrected chi connectivity index (χ2v) is 3.95. The van der Waals surface area contributed by atoms with Crippen LogP contribution in [0.25, 0.3) is 0 Å². The van der Waals surface area contributed by atoms with Crippen molar-refractivity contribution in [3.63, 3.8) is 0 Å². The van der Waals surface area contributed by atoms with Crippen molar-refractivity contribution in [2.75, 3.05) is 0 Å². The zero-order valence-electron chi connectivity index (χ0n) is 6.75. The third kappa shape index (κ3) is 61.7. The van der Waals surface area contributed by atoms with E-state index in [0.717, 1.165) is 0 Å². The second-order valence-electron chi connectivity index (χ2n) is 1.02. The van der Waals surface area contributed by atoms with Gasteiger partial charge in [0.25, 0.3) is 0 Å². The monoisotopic (exact) mass is 384 g/mol. The molecule has 0 aliphatic carbocycles. The average molecular weight is 384 g/mol. The van der Waals surface area contributed by atoms with Crippen LogP contribution in [-0.2, 0) is 33.1 Å². The van der Waals surface area contributed by atoms with Gasteiger partial charge in [0.15, 0.2) is 0 Å². The zero-order chi connectivity index (χ0) is 9.65. The van der Waals surface area contributed by atoms with Crippen molar-refractivity contribution in [1.82, 2.24) is 0 Å². The molecule has 13 heavy (non-hydrogen) atoms. The molecular weight excluding hydrogens is 382 g/mol. The molecule has 0 spiro atoms. The first kappa shape index (κ1) is 23.7. The van der Waals surface area contributed by atoms with E-state index in [2.05, 4.69) is 0 Å². The van der Waals surface area contributed by atoms with Crippen molar-refractivity contribution in [2.24, 2.45) is 0 Å². The molecule has 0 atom stereocenters. The Bertz CT molecular complexity index is 223. The van der Waals surface area contributed by atoms with E-state index in [-0.39, 0.29) is 59.1 Å². The minimum atomic E-state index is -6.17. The molecule has 0 fully saturated rings. The van der Waals surface area contributed by atoms with Gasteiger partial charge in [0, 0.05) is 0 Å².